The molecule has 2 aromatic heterocycles. The predicted octanol–water partition coefficient (Wildman–Crippen LogP) is 5.82. The summed E-state index contributed by atoms with van der Waals surface area (Å²) < 4.78 is 44.7. The zero-order chi connectivity index (χ0) is 18.9. The third kappa shape index (κ3) is 3.99. The molecule has 0 aliphatic heterocycles. The summed E-state index contributed by atoms with van der Waals surface area (Å²) in [5.74, 6) is 0.725. The smallest absolute Gasteiger partial charge is 0.433 e. The summed E-state index contributed by atoms with van der Waals surface area (Å²) in [5.41, 5.74) is 0.978. The number of nitrogens with zero attached hydrogens (tertiary/aromatic N) is 1. The second kappa shape index (κ2) is 6.99. The van der Waals surface area contributed by atoms with Gasteiger partial charge in [-0.15, -0.1) is 11.3 Å². The van der Waals surface area contributed by atoms with Gasteiger partial charge in [0.1, 0.15) is 18.1 Å². The van der Waals surface area contributed by atoms with Gasteiger partial charge in [0.25, 0.3) is 0 Å². The first-order valence-corrected chi connectivity index (χ1v) is 8.65. The van der Waals surface area contributed by atoms with Gasteiger partial charge in [0.15, 0.2) is 0 Å². The number of halogens is 3. The molecular weight excluding hydrogens is 363 g/mol. The summed E-state index contributed by atoms with van der Waals surface area (Å²) in [7, 11) is 0. The van der Waals surface area contributed by atoms with Crippen molar-refractivity contribution in [3.05, 3.63) is 70.6 Å². The van der Waals surface area contributed by atoms with Crippen molar-refractivity contribution in [2.24, 2.45) is 0 Å². The molecule has 0 bridgehead atoms. The van der Waals surface area contributed by atoms with E-state index in [0.29, 0.717) is 23.4 Å². The highest BCUT2D eigenvalue weighted by molar-refractivity contribution is 7.17. The fourth-order valence-corrected chi connectivity index (χ4v) is 3.56. The Morgan fingerprint density at radius 2 is 2.00 bits per heavy atom. The van der Waals surface area contributed by atoms with Crippen molar-refractivity contribution in [2.45, 2.75) is 26.1 Å². The molecule has 26 heavy (non-hydrogen) atoms. The van der Waals surface area contributed by atoms with Crippen LogP contribution in [0.1, 0.15) is 22.5 Å². The first-order chi connectivity index (χ1) is 12.2. The number of hydrogen-bond acceptors (Lipinski definition) is 4. The van der Waals surface area contributed by atoms with E-state index in [-0.39, 0.29) is 12.4 Å². The fraction of sp³-hybridized carbons (Fsp3) is 0.211. The van der Waals surface area contributed by atoms with Crippen LogP contribution in [0, 0.1) is 6.92 Å². The third-order valence-corrected chi connectivity index (χ3v) is 4.90. The predicted molar refractivity (Wildman–Crippen MR) is 95.6 cm³/mol. The van der Waals surface area contributed by atoms with Crippen LogP contribution in [0.25, 0.3) is 10.1 Å². The molecule has 136 valence electrons. The fourth-order valence-electron chi connectivity index (χ4n) is 2.57. The molecule has 3 aromatic rings. The Hall–Kier alpha value is -2.54. The molecule has 0 spiro atoms. The van der Waals surface area contributed by atoms with Gasteiger partial charge in [-0.2, -0.15) is 13.2 Å². The second-order valence-electron chi connectivity index (χ2n) is 5.89. The second-order valence-corrected chi connectivity index (χ2v) is 6.80. The van der Waals surface area contributed by atoms with E-state index in [2.05, 4.69) is 11.6 Å². The molecule has 1 aromatic carbocycles. The topological polar surface area (TPSA) is 42.4 Å². The molecule has 0 amide bonds. The maximum absolute atomic E-state index is 12.7. The Morgan fingerprint density at radius 3 is 2.65 bits per heavy atom. The van der Waals surface area contributed by atoms with Crippen LogP contribution in [0.3, 0.4) is 0 Å². The van der Waals surface area contributed by atoms with Crippen LogP contribution >= 0.6 is 11.3 Å². The number of ether oxygens (including phenoxy) is 1. The number of fused-ring (bicyclic) bond motifs is 1. The zero-order valence-corrected chi connectivity index (χ0v) is 14.7. The highest BCUT2D eigenvalue weighted by Gasteiger charge is 2.32. The molecule has 1 N–H and O–H groups in total. The normalized spacial score (nSPS) is 11.7. The number of aryl methyl sites for hydroxylation is 1. The average molecular weight is 379 g/mol. The van der Waals surface area contributed by atoms with E-state index >= 15 is 0 Å². The molecule has 0 aliphatic carbocycles. The van der Waals surface area contributed by atoms with Crippen LogP contribution in [-0.2, 0) is 19.2 Å². The maximum Gasteiger partial charge on any atom is 0.433 e. The van der Waals surface area contributed by atoms with Gasteiger partial charge in [-0.05, 0) is 47.5 Å². The Labute approximate surface area is 152 Å². The Balaban J connectivity index is 1.75. The van der Waals surface area contributed by atoms with E-state index in [4.69, 9.17) is 4.74 Å². The van der Waals surface area contributed by atoms with Gasteiger partial charge in [0, 0.05) is 22.4 Å². The van der Waals surface area contributed by atoms with Crippen LogP contribution in [-0.4, -0.2) is 10.1 Å². The van der Waals surface area contributed by atoms with Crippen molar-refractivity contribution in [1.82, 2.24) is 4.98 Å². The van der Waals surface area contributed by atoms with Gasteiger partial charge in [-0.1, -0.05) is 12.6 Å². The SMILES string of the molecule is C=C(O)Cc1csc2cc(OCc3ccc(C(F)(F)F)nc3C)ccc12. The molecule has 3 rings (SSSR count). The van der Waals surface area contributed by atoms with E-state index in [1.165, 1.54) is 24.3 Å². The molecular formula is C19H16F3NO2S. The number of rotatable bonds is 5. The van der Waals surface area contributed by atoms with Gasteiger partial charge < -0.3 is 9.84 Å². The van der Waals surface area contributed by atoms with Crippen LogP contribution in [0.4, 0.5) is 13.2 Å². The monoisotopic (exact) mass is 379 g/mol. The maximum atomic E-state index is 12.7. The Morgan fingerprint density at radius 1 is 1.23 bits per heavy atom. The van der Waals surface area contributed by atoms with Crippen molar-refractivity contribution in [3.8, 4) is 5.75 Å². The minimum atomic E-state index is -4.45. The van der Waals surface area contributed by atoms with Crippen LogP contribution < -0.4 is 4.74 Å². The number of thiophene rings is 1. The number of aromatic nitrogens is 1. The molecule has 0 saturated carbocycles. The van der Waals surface area contributed by atoms with Gasteiger partial charge in [0.05, 0.1) is 5.76 Å². The number of aliphatic hydroxyl groups is 1. The number of aliphatic hydroxyl groups excluding tert-OH is 1. The number of alkyl halides is 3. The summed E-state index contributed by atoms with van der Waals surface area (Å²) in [6.07, 6.45) is -4.05. The van der Waals surface area contributed by atoms with Crippen molar-refractivity contribution in [3.63, 3.8) is 0 Å². The van der Waals surface area contributed by atoms with E-state index in [0.717, 1.165) is 21.7 Å². The van der Waals surface area contributed by atoms with Crippen molar-refractivity contribution in [1.29, 1.82) is 0 Å². The summed E-state index contributed by atoms with van der Waals surface area (Å²) >= 11 is 1.53. The highest BCUT2D eigenvalue weighted by atomic mass is 32.1. The van der Waals surface area contributed by atoms with E-state index in [1.54, 1.807) is 6.07 Å². The van der Waals surface area contributed by atoms with Crippen molar-refractivity contribution in [2.75, 3.05) is 0 Å². The number of hydrogen-bond donors (Lipinski definition) is 1. The molecule has 0 saturated heterocycles. The lowest BCUT2D eigenvalue weighted by Gasteiger charge is -2.11. The Bertz CT molecular complexity index is 963. The molecule has 0 atom stereocenters. The molecule has 0 fully saturated rings. The molecule has 0 radical (unpaired) electrons. The molecule has 7 heteroatoms. The molecule has 3 nitrogen and oxygen atoms in total. The van der Waals surface area contributed by atoms with Crippen LogP contribution in [0.5, 0.6) is 5.75 Å². The third-order valence-electron chi connectivity index (χ3n) is 3.90. The Kier molecular flexibility index (Phi) is 4.91. The standard InChI is InChI=1S/C19H16F3NO2S/c1-11(24)7-14-10-26-17-8-15(4-5-16(14)17)25-9-13-3-6-18(19(20,21)22)23-12(13)2/h3-6,8,10,24H,1,7,9H2,2H3. The van der Waals surface area contributed by atoms with E-state index in [1.807, 2.05) is 17.5 Å². The molecule has 2 heterocycles. The summed E-state index contributed by atoms with van der Waals surface area (Å²) in [5, 5.41) is 12.3. The first kappa shape index (κ1) is 18.3. The number of allylic oxidation sites excluding steroid dienone is 1. The summed E-state index contributed by atoms with van der Waals surface area (Å²) in [6, 6.07) is 7.92. The van der Waals surface area contributed by atoms with Crippen LogP contribution in [0.15, 0.2) is 48.0 Å². The minimum absolute atomic E-state index is 0.107. The lowest BCUT2D eigenvalue weighted by atomic mass is 10.1. The van der Waals surface area contributed by atoms with E-state index < -0.39 is 11.9 Å². The molecule has 0 unspecified atom stereocenters. The van der Waals surface area contributed by atoms with Crippen molar-refractivity contribution >= 4 is 21.4 Å². The van der Waals surface area contributed by atoms with Crippen molar-refractivity contribution < 1.29 is 23.0 Å². The lowest BCUT2D eigenvalue weighted by molar-refractivity contribution is -0.141. The summed E-state index contributed by atoms with van der Waals surface area (Å²) in [6.45, 7) is 5.17. The van der Waals surface area contributed by atoms with Gasteiger partial charge in [-0.25, -0.2) is 4.98 Å². The first-order valence-electron chi connectivity index (χ1n) is 7.77. The van der Waals surface area contributed by atoms with Gasteiger partial charge in [0.2, 0.25) is 0 Å². The zero-order valence-electron chi connectivity index (χ0n) is 13.9. The number of benzene rings is 1. The van der Waals surface area contributed by atoms with E-state index in [9.17, 15) is 18.3 Å². The summed E-state index contributed by atoms with van der Waals surface area (Å²) in [4.78, 5) is 3.60. The molecule has 0 aliphatic rings. The van der Waals surface area contributed by atoms with Gasteiger partial charge in [-0.3, -0.25) is 0 Å². The van der Waals surface area contributed by atoms with Gasteiger partial charge >= 0.3 is 6.18 Å². The number of pyridine rings is 1. The average Bonchev–Trinajstić information content (AvgIpc) is 2.94. The minimum Gasteiger partial charge on any atom is -0.513 e. The lowest BCUT2D eigenvalue weighted by Crippen LogP contribution is -2.10. The van der Waals surface area contributed by atoms with Crippen LogP contribution in [0.2, 0.25) is 0 Å². The quantitative estimate of drug-likeness (QED) is 0.568. The highest BCUT2D eigenvalue weighted by Crippen LogP contribution is 2.31. The largest absolute Gasteiger partial charge is 0.513 e.